The molecule has 1 saturated heterocycles. The zero-order chi connectivity index (χ0) is 19.5. The summed E-state index contributed by atoms with van der Waals surface area (Å²) in [5.74, 6) is -0.315. The number of amides is 2. The molecular formula is C21H20N4O3. The van der Waals surface area contributed by atoms with Crippen LogP contribution in [-0.2, 0) is 4.74 Å². The molecule has 2 aromatic heterocycles. The number of aromatic nitrogens is 2. The summed E-state index contributed by atoms with van der Waals surface area (Å²) in [5, 5.41) is 3.57. The van der Waals surface area contributed by atoms with E-state index in [-0.39, 0.29) is 11.8 Å². The number of aryl methyl sites for hydroxylation is 1. The summed E-state index contributed by atoms with van der Waals surface area (Å²) < 4.78 is 5.32. The number of carbonyl (C=O) groups is 2. The largest absolute Gasteiger partial charge is 0.378 e. The number of nitrogens with zero attached hydrogens (tertiary/aromatic N) is 3. The van der Waals surface area contributed by atoms with Crippen molar-refractivity contribution >= 4 is 28.4 Å². The van der Waals surface area contributed by atoms with Gasteiger partial charge in [-0.2, -0.15) is 0 Å². The van der Waals surface area contributed by atoms with Gasteiger partial charge >= 0.3 is 0 Å². The van der Waals surface area contributed by atoms with Gasteiger partial charge in [0, 0.05) is 48.3 Å². The third-order valence-electron chi connectivity index (χ3n) is 4.81. The number of rotatable bonds is 3. The van der Waals surface area contributed by atoms with Gasteiger partial charge in [0.05, 0.1) is 24.3 Å². The molecule has 1 aromatic carbocycles. The predicted molar refractivity (Wildman–Crippen MR) is 105 cm³/mol. The van der Waals surface area contributed by atoms with Crippen molar-refractivity contribution in [3.63, 3.8) is 0 Å². The summed E-state index contributed by atoms with van der Waals surface area (Å²) in [7, 11) is 0. The lowest BCUT2D eigenvalue weighted by molar-refractivity contribution is 0.0302. The van der Waals surface area contributed by atoms with E-state index in [9.17, 15) is 9.59 Å². The van der Waals surface area contributed by atoms with Crippen molar-refractivity contribution in [1.82, 2.24) is 14.9 Å². The Morgan fingerprint density at radius 2 is 1.89 bits per heavy atom. The van der Waals surface area contributed by atoms with E-state index < -0.39 is 0 Å². The normalized spacial score (nSPS) is 14.1. The Balaban J connectivity index is 1.59. The molecule has 3 aromatic rings. The molecule has 0 saturated carbocycles. The molecule has 2 amide bonds. The van der Waals surface area contributed by atoms with Crippen LogP contribution in [0.4, 0.5) is 5.69 Å². The first-order valence-corrected chi connectivity index (χ1v) is 9.11. The number of carbonyl (C=O) groups excluding carboxylic acids is 2. The number of hydrogen-bond donors (Lipinski definition) is 1. The van der Waals surface area contributed by atoms with E-state index >= 15 is 0 Å². The Kier molecular flexibility index (Phi) is 4.99. The highest BCUT2D eigenvalue weighted by molar-refractivity contribution is 6.12. The van der Waals surface area contributed by atoms with Crippen molar-refractivity contribution in [2.75, 3.05) is 31.6 Å². The van der Waals surface area contributed by atoms with E-state index in [4.69, 9.17) is 4.74 Å². The monoisotopic (exact) mass is 376 g/mol. The van der Waals surface area contributed by atoms with Gasteiger partial charge < -0.3 is 15.0 Å². The van der Waals surface area contributed by atoms with Gasteiger partial charge in [-0.3, -0.25) is 19.6 Å². The Labute approximate surface area is 162 Å². The number of nitrogens with one attached hydrogen (secondary N) is 1. The van der Waals surface area contributed by atoms with Crippen LogP contribution in [-0.4, -0.2) is 53.0 Å². The van der Waals surface area contributed by atoms with Crippen molar-refractivity contribution in [2.45, 2.75) is 6.92 Å². The minimum absolute atomic E-state index is 0.0459. The van der Waals surface area contributed by atoms with E-state index in [1.165, 1.54) is 0 Å². The molecule has 4 rings (SSSR count). The van der Waals surface area contributed by atoms with E-state index in [1.54, 1.807) is 47.8 Å². The summed E-state index contributed by atoms with van der Waals surface area (Å²) in [6.45, 7) is 4.13. The smallest absolute Gasteiger partial charge is 0.256 e. The fourth-order valence-corrected chi connectivity index (χ4v) is 3.25. The summed E-state index contributed by atoms with van der Waals surface area (Å²) in [6, 6.07) is 8.79. The fraction of sp³-hybridized carbons (Fsp3) is 0.238. The molecular weight excluding hydrogens is 356 g/mol. The zero-order valence-corrected chi connectivity index (χ0v) is 15.5. The van der Waals surface area contributed by atoms with E-state index in [0.29, 0.717) is 54.0 Å². The average Bonchev–Trinajstić information content (AvgIpc) is 2.74. The van der Waals surface area contributed by atoms with E-state index in [0.717, 1.165) is 5.56 Å². The zero-order valence-electron chi connectivity index (χ0n) is 15.5. The maximum absolute atomic E-state index is 12.8. The molecule has 7 heteroatoms. The van der Waals surface area contributed by atoms with Gasteiger partial charge in [0.25, 0.3) is 11.8 Å². The van der Waals surface area contributed by atoms with Crippen molar-refractivity contribution in [1.29, 1.82) is 0 Å². The Hall–Kier alpha value is -3.32. The number of pyridine rings is 2. The third-order valence-corrected chi connectivity index (χ3v) is 4.81. The summed E-state index contributed by atoms with van der Waals surface area (Å²) >= 11 is 0. The molecule has 7 nitrogen and oxygen atoms in total. The van der Waals surface area contributed by atoms with Gasteiger partial charge in [0.2, 0.25) is 0 Å². The van der Waals surface area contributed by atoms with Gasteiger partial charge in [-0.25, -0.2) is 0 Å². The molecule has 0 unspecified atom stereocenters. The van der Waals surface area contributed by atoms with Crippen LogP contribution in [0.1, 0.15) is 26.3 Å². The number of hydrogen-bond acceptors (Lipinski definition) is 5. The lowest BCUT2D eigenvalue weighted by Crippen LogP contribution is -2.41. The first kappa shape index (κ1) is 18.1. The highest BCUT2D eigenvalue weighted by Crippen LogP contribution is 2.21. The SMILES string of the molecule is Cc1ccc(NC(=O)c2ccnc3ccncc23)cc1C(=O)N1CCOCC1. The van der Waals surface area contributed by atoms with Crippen LogP contribution in [0.5, 0.6) is 0 Å². The lowest BCUT2D eigenvalue weighted by Gasteiger charge is -2.27. The standard InChI is InChI=1S/C21H20N4O3/c1-14-2-3-15(12-17(14)21(27)25-8-10-28-11-9-25)24-20(26)16-4-7-23-19-5-6-22-13-18(16)19/h2-7,12-13H,8-11H2,1H3,(H,24,26). The number of fused-ring (bicyclic) bond motifs is 1. The van der Waals surface area contributed by atoms with Gasteiger partial charge in [0.15, 0.2) is 0 Å². The Morgan fingerprint density at radius 1 is 1.07 bits per heavy atom. The van der Waals surface area contributed by atoms with Crippen LogP contribution >= 0.6 is 0 Å². The summed E-state index contributed by atoms with van der Waals surface area (Å²) in [5.41, 5.74) is 3.21. The van der Waals surface area contributed by atoms with Crippen molar-refractivity contribution in [3.8, 4) is 0 Å². The number of morpholine rings is 1. The number of ether oxygens (including phenoxy) is 1. The van der Waals surface area contributed by atoms with Crippen LogP contribution in [0.25, 0.3) is 10.9 Å². The lowest BCUT2D eigenvalue weighted by atomic mass is 10.1. The quantitative estimate of drug-likeness (QED) is 0.760. The number of anilines is 1. The van der Waals surface area contributed by atoms with Crippen LogP contribution in [0.3, 0.4) is 0 Å². The van der Waals surface area contributed by atoms with Gasteiger partial charge in [-0.15, -0.1) is 0 Å². The van der Waals surface area contributed by atoms with Gasteiger partial charge in [-0.1, -0.05) is 6.07 Å². The molecule has 28 heavy (non-hydrogen) atoms. The molecule has 1 aliphatic rings. The molecule has 142 valence electrons. The molecule has 0 spiro atoms. The summed E-state index contributed by atoms with van der Waals surface area (Å²) in [4.78, 5) is 35.8. The van der Waals surface area contributed by atoms with Crippen LogP contribution < -0.4 is 5.32 Å². The minimum atomic E-state index is -0.269. The molecule has 0 radical (unpaired) electrons. The van der Waals surface area contributed by atoms with Crippen molar-refractivity contribution in [2.24, 2.45) is 0 Å². The van der Waals surface area contributed by atoms with Crippen molar-refractivity contribution < 1.29 is 14.3 Å². The predicted octanol–water partition coefficient (Wildman–Crippen LogP) is 2.66. The summed E-state index contributed by atoms with van der Waals surface area (Å²) in [6.07, 6.45) is 4.86. The second kappa shape index (κ2) is 7.74. The maximum atomic E-state index is 12.8. The first-order valence-electron chi connectivity index (χ1n) is 9.11. The van der Waals surface area contributed by atoms with Gasteiger partial charge in [-0.05, 0) is 36.8 Å². The van der Waals surface area contributed by atoms with Gasteiger partial charge in [0.1, 0.15) is 0 Å². The molecule has 1 N–H and O–H groups in total. The van der Waals surface area contributed by atoms with E-state index in [2.05, 4.69) is 15.3 Å². The topological polar surface area (TPSA) is 84.4 Å². The van der Waals surface area contributed by atoms with Crippen LogP contribution in [0.15, 0.2) is 48.9 Å². The Bertz CT molecular complexity index is 1040. The first-order chi connectivity index (χ1) is 13.6. The second-order valence-corrected chi connectivity index (χ2v) is 6.64. The third kappa shape index (κ3) is 3.57. The van der Waals surface area contributed by atoms with E-state index in [1.807, 2.05) is 13.0 Å². The molecule has 0 atom stereocenters. The Morgan fingerprint density at radius 3 is 2.71 bits per heavy atom. The van der Waals surface area contributed by atoms with Crippen molar-refractivity contribution in [3.05, 3.63) is 65.6 Å². The average molecular weight is 376 g/mol. The van der Waals surface area contributed by atoms with Crippen LogP contribution in [0, 0.1) is 6.92 Å². The molecule has 3 heterocycles. The highest BCUT2D eigenvalue weighted by Gasteiger charge is 2.21. The molecule has 1 fully saturated rings. The maximum Gasteiger partial charge on any atom is 0.256 e. The minimum Gasteiger partial charge on any atom is -0.378 e. The second-order valence-electron chi connectivity index (χ2n) is 6.64. The highest BCUT2D eigenvalue weighted by atomic mass is 16.5. The molecule has 1 aliphatic heterocycles. The molecule has 0 aliphatic carbocycles. The van der Waals surface area contributed by atoms with Crippen LogP contribution in [0.2, 0.25) is 0 Å². The fourth-order valence-electron chi connectivity index (χ4n) is 3.25. The molecule has 0 bridgehead atoms. The number of benzene rings is 1.